The normalized spacial score (nSPS) is 20.3. The molecule has 2 saturated heterocycles. The number of nitrogens with zero attached hydrogens (tertiary/aromatic N) is 2. The van der Waals surface area contributed by atoms with E-state index in [4.69, 9.17) is 0 Å². The Labute approximate surface area is 156 Å². The van der Waals surface area contributed by atoms with E-state index in [0.29, 0.717) is 18.0 Å². The molecule has 0 N–H and O–H groups in total. The summed E-state index contributed by atoms with van der Waals surface area (Å²) in [6, 6.07) is 19.4. The largest absolute Gasteiger partial charge is 0.302 e. The summed E-state index contributed by atoms with van der Waals surface area (Å²) >= 11 is 0. The molecule has 0 unspecified atom stereocenters. The Morgan fingerprint density at radius 3 is 2.23 bits per heavy atom. The molecule has 5 heteroatoms. The van der Waals surface area contributed by atoms with Crippen molar-refractivity contribution in [1.82, 2.24) is 9.21 Å². The Morgan fingerprint density at radius 1 is 0.885 bits per heavy atom. The van der Waals surface area contributed by atoms with E-state index in [2.05, 4.69) is 35.2 Å². The van der Waals surface area contributed by atoms with Crippen molar-refractivity contribution in [3.05, 3.63) is 66.2 Å². The third kappa shape index (κ3) is 3.56. The first-order chi connectivity index (χ1) is 12.6. The minimum Gasteiger partial charge on any atom is -0.302 e. The molecule has 0 amide bonds. The molecule has 2 aliphatic rings. The minimum atomic E-state index is -3.34. The second-order valence-corrected chi connectivity index (χ2v) is 9.64. The lowest BCUT2D eigenvalue weighted by atomic mass is 9.79. The maximum absolute atomic E-state index is 12.8. The number of likely N-dealkylation sites (tertiary alicyclic amines) is 1. The smallest absolute Gasteiger partial charge is 0.243 e. The van der Waals surface area contributed by atoms with Gasteiger partial charge < -0.3 is 4.90 Å². The van der Waals surface area contributed by atoms with E-state index < -0.39 is 10.0 Å². The van der Waals surface area contributed by atoms with Crippen molar-refractivity contribution >= 4 is 10.0 Å². The summed E-state index contributed by atoms with van der Waals surface area (Å²) in [4.78, 5) is 2.89. The van der Waals surface area contributed by atoms with Gasteiger partial charge in [-0.3, -0.25) is 0 Å². The molecule has 26 heavy (non-hydrogen) atoms. The quantitative estimate of drug-likeness (QED) is 0.785. The molecule has 0 bridgehead atoms. The number of aryl methyl sites for hydroxylation is 1. The van der Waals surface area contributed by atoms with Crippen LogP contribution in [-0.2, 0) is 16.4 Å². The van der Waals surface area contributed by atoms with Gasteiger partial charge in [-0.25, -0.2) is 8.42 Å². The average molecular weight is 371 g/mol. The molecular weight excluding hydrogens is 344 g/mol. The van der Waals surface area contributed by atoms with Gasteiger partial charge in [0.2, 0.25) is 10.0 Å². The van der Waals surface area contributed by atoms with Gasteiger partial charge in [-0.05, 0) is 43.5 Å². The highest BCUT2D eigenvalue weighted by atomic mass is 32.2. The molecular formula is C21H26N2O2S. The lowest BCUT2D eigenvalue weighted by molar-refractivity contribution is 0.0126. The van der Waals surface area contributed by atoms with Crippen LogP contribution in [0.5, 0.6) is 0 Å². The molecule has 2 aliphatic heterocycles. The molecule has 2 heterocycles. The number of hydrogen-bond acceptors (Lipinski definition) is 3. The van der Waals surface area contributed by atoms with Crippen LogP contribution < -0.4 is 0 Å². The Kier molecular flexibility index (Phi) is 4.86. The van der Waals surface area contributed by atoms with Gasteiger partial charge in [0.15, 0.2) is 0 Å². The first kappa shape index (κ1) is 17.7. The number of benzene rings is 2. The second kappa shape index (κ2) is 7.14. The van der Waals surface area contributed by atoms with Gasteiger partial charge in [-0.15, -0.1) is 0 Å². The zero-order valence-electron chi connectivity index (χ0n) is 15.0. The van der Waals surface area contributed by atoms with Gasteiger partial charge in [0.05, 0.1) is 4.90 Å². The molecule has 0 saturated carbocycles. The molecule has 0 atom stereocenters. The van der Waals surface area contributed by atoms with Crippen LogP contribution in [0.4, 0.5) is 0 Å². The highest BCUT2D eigenvalue weighted by Crippen LogP contribution is 2.41. The van der Waals surface area contributed by atoms with Gasteiger partial charge in [0.25, 0.3) is 0 Å². The van der Waals surface area contributed by atoms with E-state index in [1.165, 1.54) is 5.56 Å². The highest BCUT2D eigenvalue weighted by Gasteiger charge is 2.49. The van der Waals surface area contributed by atoms with E-state index >= 15 is 0 Å². The average Bonchev–Trinajstić information content (AvgIpc) is 3.09. The molecule has 2 aromatic rings. The summed E-state index contributed by atoms with van der Waals surface area (Å²) in [7, 11) is -3.34. The van der Waals surface area contributed by atoms with Crippen molar-refractivity contribution in [2.45, 2.75) is 24.2 Å². The standard InChI is InChI=1S/C21H26N2O2S/c24-26(25,20-11-5-2-6-12-20)23-15-13-21(18-23)16-22(17-21)14-7-10-19-8-3-1-4-9-19/h1-6,8-9,11-12H,7,10,13-18H2. The SMILES string of the molecule is O=S(=O)(c1ccccc1)N1CCC2(CN(CCCc3ccccc3)C2)C1. The predicted octanol–water partition coefficient (Wildman–Crippen LogP) is 3.02. The first-order valence-electron chi connectivity index (χ1n) is 9.39. The fraction of sp³-hybridized carbons (Fsp3) is 0.429. The highest BCUT2D eigenvalue weighted by molar-refractivity contribution is 7.89. The van der Waals surface area contributed by atoms with Gasteiger partial charge in [-0.2, -0.15) is 4.31 Å². The summed E-state index contributed by atoms with van der Waals surface area (Å²) in [5.74, 6) is 0. The number of rotatable bonds is 6. The summed E-state index contributed by atoms with van der Waals surface area (Å²) < 4.78 is 27.3. The topological polar surface area (TPSA) is 40.6 Å². The minimum absolute atomic E-state index is 0.175. The van der Waals surface area contributed by atoms with Crippen molar-refractivity contribution in [3.63, 3.8) is 0 Å². The summed E-state index contributed by atoms with van der Waals surface area (Å²) in [5, 5.41) is 0. The maximum atomic E-state index is 12.8. The Hall–Kier alpha value is -1.69. The lowest BCUT2D eigenvalue weighted by Crippen LogP contribution is -2.57. The number of hydrogen-bond donors (Lipinski definition) is 0. The maximum Gasteiger partial charge on any atom is 0.243 e. The fourth-order valence-electron chi connectivity index (χ4n) is 4.31. The molecule has 4 rings (SSSR count). The van der Waals surface area contributed by atoms with Crippen LogP contribution in [0.15, 0.2) is 65.6 Å². The van der Waals surface area contributed by atoms with Crippen LogP contribution in [-0.4, -0.2) is 50.3 Å². The van der Waals surface area contributed by atoms with E-state index in [1.807, 2.05) is 6.07 Å². The van der Waals surface area contributed by atoms with Crippen LogP contribution in [0, 0.1) is 5.41 Å². The summed E-state index contributed by atoms with van der Waals surface area (Å²) in [5.41, 5.74) is 1.57. The summed E-state index contributed by atoms with van der Waals surface area (Å²) in [6.45, 7) is 4.47. The summed E-state index contributed by atoms with van der Waals surface area (Å²) in [6.07, 6.45) is 3.25. The van der Waals surface area contributed by atoms with E-state index in [9.17, 15) is 8.42 Å². The van der Waals surface area contributed by atoms with Crippen molar-refractivity contribution in [3.8, 4) is 0 Å². The number of sulfonamides is 1. The molecule has 0 radical (unpaired) electrons. The van der Waals surface area contributed by atoms with Gasteiger partial charge in [0.1, 0.15) is 0 Å². The first-order valence-corrected chi connectivity index (χ1v) is 10.8. The van der Waals surface area contributed by atoms with E-state index in [1.54, 1.807) is 28.6 Å². The second-order valence-electron chi connectivity index (χ2n) is 7.70. The molecule has 0 aromatic heterocycles. The van der Waals surface area contributed by atoms with Crippen LogP contribution >= 0.6 is 0 Å². The zero-order valence-corrected chi connectivity index (χ0v) is 15.9. The monoisotopic (exact) mass is 370 g/mol. The molecule has 0 aliphatic carbocycles. The van der Waals surface area contributed by atoms with E-state index in [-0.39, 0.29) is 5.41 Å². The van der Waals surface area contributed by atoms with Crippen molar-refractivity contribution in [2.75, 3.05) is 32.7 Å². The predicted molar refractivity (Wildman–Crippen MR) is 103 cm³/mol. The van der Waals surface area contributed by atoms with Crippen LogP contribution in [0.25, 0.3) is 0 Å². The molecule has 4 nitrogen and oxygen atoms in total. The Bertz CT molecular complexity index is 831. The molecule has 2 aromatic carbocycles. The molecule has 138 valence electrons. The van der Waals surface area contributed by atoms with Crippen LogP contribution in [0.2, 0.25) is 0 Å². The van der Waals surface area contributed by atoms with Gasteiger partial charge in [-0.1, -0.05) is 48.5 Å². The van der Waals surface area contributed by atoms with Crippen molar-refractivity contribution in [2.24, 2.45) is 5.41 Å². The van der Waals surface area contributed by atoms with Crippen LogP contribution in [0.1, 0.15) is 18.4 Å². The molecule has 1 spiro atoms. The van der Waals surface area contributed by atoms with Gasteiger partial charge >= 0.3 is 0 Å². The van der Waals surface area contributed by atoms with Gasteiger partial charge in [0, 0.05) is 31.6 Å². The fourth-order valence-corrected chi connectivity index (χ4v) is 5.89. The van der Waals surface area contributed by atoms with Crippen LogP contribution in [0.3, 0.4) is 0 Å². The third-order valence-corrected chi connectivity index (χ3v) is 7.54. The van der Waals surface area contributed by atoms with Crippen molar-refractivity contribution < 1.29 is 8.42 Å². The van der Waals surface area contributed by atoms with Crippen molar-refractivity contribution in [1.29, 1.82) is 0 Å². The third-order valence-electron chi connectivity index (χ3n) is 5.68. The lowest BCUT2D eigenvalue weighted by Gasteiger charge is -2.48. The Balaban J connectivity index is 1.27. The zero-order chi connectivity index (χ0) is 18.0. The van der Waals surface area contributed by atoms with E-state index in [0.717, 1.165) is 38.9 Å². The Morgan fingerprint density at radius 2 is 1.54 bits per heavy atom. The molecule has 2 fully saturated rings.